The van der Waals surface area contributed by atoms with Gasteiger partial charge in [0.05, 0.1) is 12.7 Å². The van der Waals surface area contributed by atoms with Crippen molar-refractivity contribution in [3.63, 3.8) is 0 Å². The van der Waals surface area contributed by atoms with Crippen LogP contribution in [-0.4, -0.2) is 24.9 Å². The van der Waals surface area contributed by atoms with E-state index in [1.54, 1.807) is 36.4 Å². The van der Waals surface area contributed by atoms with Gasteiger partial charge < -0.3 is 20.1 Å². The third-order valence-electron chi connectivity index (χ3n) is 6.07. The lowest BCUT2D eigenvalue weighted by Gasteiger charge is -2.13. The average Bonchev–Trinajstić information content (AvgIpc) is 3.01. The molecule has 0 bridgehead atoms. The Balaban J connectivity index is 1.53. The number of nitrogens with one attached hydrogen (secondary N) is 2. The number of carbonyl (C=O) groups excluding carboxylic acids is 3. The highest BCUT2D eigenvalue weighted by Crippen LogP contribution is 2.23. The summed E-state index contributed by atoms with van der Waals surface area (Å²) >= 11 is 0. The predicted molar refractivity (Wildman–Crippen MR) is 153 cm³/mol. The maximum atomic E-state index is 13.3. The summed E-state index contributed by atoms with van der Waals surface area (Å²) in [5.74, 6) is -0.902. The molecule has 0 spiro atoms. The van der Waals surface area contributed by atoms with Gasteiger partial charge in [-0.3, -0.25) is 9.59 Å². The molecule has 0 saturated heterocycles. The zero-order valence-corrected chi connectivity index (χ0v) is 22.1. The van der Waals surface area contributed by atoms with Crippen LogP contribution in [0.2, 0.25) is 0 Å². The number of esters is 1. The lowest BCUT2D eigenvalue weighted by molar-refractivity contribution is -0.123. The zero-order chi connectivity index (χ0) is 28.2. The fourth-order valence-corrected chi connectivity index (χ4v) is 3.88. The highest BCUT2D eigenvalue weighted by atomic mass is 16.5. The number of rotatable bonds is 11. The molecular weight excluding hydrogens is 504 g/mol. The summed E-state index contributed by atoms with van der Waals surface area (Å²) in [5.41, 5.74) is 3.66. The molecule has 4 rings (SSSR count). The number of hydrogen-bond donors (Lipinski definition) is 2. The molecule has 40 heavy (non-hydrogen) atoms. The molecular formula is C33H30N2O5. The molecule has 0 unspecified atom stereocenters. The Morgan fingerprint density at radius 3 is 1.73 bits per heavy atom. The van der Waals surface area contributed by atoms with E-state index < -0.39 is 17.8 Å². The van der Waals surface area contributed by atoms with Gasteiger partial charge in [0.15, 0.2) is 0 Å². The molecule has 0 aliphatic carbocycles. The molecule has 2 N–H and O–H groups in total. The SMILES string of the molecule is COC(=O)c1ccc(COc2ccccc2C=C(C(=O)NCc2ccccc2)C(=O)NCc2ccccc2)cc1. The summed E-state index contributed by atoms with van der Waals surface area (Å²) < 4.78 is 10.8. The lowest BCUT2D eigenvalue weighted by Crippen LogP contribution is -2.34. The van der Waals surface area contributed by atoms with Crippen molar-refractivity contribution in [2.24, 2.45) is 0 Å². The molecule has 0 radical (unpaired) electrons. The largest absolute Gasteiger partial charge is 0.488 e. The summed E-state index contributed by atoms with van der Waals surface area (Å²) in [4.78, 5) is 38.2. The van der Waals surface area contributed by atoms with E-state index >= 15 is 0 Å². The first-order valence-corrected chi connectivity index (χ1v) is 12.8. The summed E-state index contributed by atoms with van der Waals surface area (Å²) in [6, 6.07) is 33.1. The molecule has 0 aliphatic rings. The molecule has 7 nitrogen and oxygen atoms in total. The second kappa shape index (κ2) is 14.1. The van der Waals surface area contributed by atoms with Crippen molar-refractivity contribution in [2.75, 3.05) is 7.11 Å². The van der Waals surface area contributed by atoms with Gasteiger partial charge in [-0.05, 0) is 41.0 Å². The highest BCUT2D eigenvalue weighted by Gasteiger charge is 2.19. The number of amides is 2. The maximum absolute atomic E-state index is 13.3. The van der Waals surface area contributed by atoms with E-state index in [0.717, 1.165) is 16.7 Å². The van der Waals surface area contributed by atoms with Crippen molar-refractivity contribution in [1.82, 2.24) is 10.6 Å². The van der Waals surface area contributed by atoms with Crippen molar-refractivity contribution in [3.8, 4) is 5.75 Å². The van der Waals surface area contributed by atoms with Crippen molar-refractivity contribution in [1.29, 1.82) is 0 Å². The third kappa shape index (κ3) is 7.91. The minimum atomic E-state index is -0.498. The first-order chi connectivity index (χ1) is 19.5. The average molecular weight is 535 g/mol. The Morgan fingerprint density at radius 2 is 1.18 bits per heavy atom. The Labute approximate surface area is 233 Å². The lowest BCUT2D eigenvalue weighted by atomic mass is 10.1. The van der Waals surface area contributed by atoms with E-state index in [0.29, 0.717) is 16.9 Å². The van der Waals surface area contributed by atoms with Gasteiger partial charge in [-0.2, -0.15) is 0 Å². The molecule has 0 atom stereocenters. The van der Waals surface area contributed by atoms with Gasteiger partial charge in [0.1, 0.15) is 17.9 Å². The number of benzene rings is 4. The van der Waals surface area contributed by atoms with E-state index in [1.165, 1.54) is 13.2 Å². The maximum Gasteiger partial charge on any atom is 0.337 e. The van der Waals surface area contributed by atoms with Crippen LogP contribution in [-0.2, 0) is 34.0 Å². The van der Waals surface area contributed by atoms with Crippen LogP contribution >= 0.6 is 0 Å². The van der Waals surface area contributed by atoms with Crippen LogP contribution in [0.1, 0.15) is 32.6 Å². The Hall–Kier alpha value is -5.17. The van der Waals surface area contributed by atoms with Gasteiger partial charge in [0.25, 0.3) is 11.8 Å². The second-order valence-electron chi connectivity index (χ2n) is 8.91. The summed E-state index contributed by atoms with van der Waals surface area (Å²) in [7, 11) is 1.34. The van der Waals surface area contributed by atoms with Gasteiger partial charge in [-0.15, -0.1) is 0 Å². The number of ether oxygens (including phenoxy) is 2. The summed E-state index contributed by atoms with van der Waals surface area (Å²) in [6.07, 6.45) is 1.54. The quantitative estimate of drug-likeness (QED) is 0.121. The molecule has 0 fully saturated rings. The monoisotopic (exact) mass is 534 g/mol. The van der Waals surface area contributed by atoms with Crippen LogP contribution in [0.4, 0.5) is 0 Å². The topological polar surface area (TPSA) is 93.7 Å². The van der Waals surface area contributed by atoms with E-state index in [2.05, 4.69) is 10.6 Å². The minimum absolute atomic E-state index is 0.0367. The second-order valence-corrected chi connectivity index (χ2v) is 8.91. The van der Waals surface area contributed by atoms with Crippen LogP contribution in [0, 0.1) is 0 Å². The number of hydrogen-bond acceptors (Lipinski definition) is 5. The molecule has 4 aromatic rings. The number of methoxy groups -OCH3 is 1. The van der Waals surface area contributed by atoms with Crippen molar-refractivity contribution in [2.45, 2.75) is 19.7 Å². The smallest absolute Gasteiger partial charge is 0.337 e. The van der Waals surface area contributed by atoms with Gasteiger partial charge in [-0.1, -0.05) is 91.0 Å². The fraction of sp³-hybridized carbons (Fsp3) is 0.121. The first-order valence-electron chi connectivity index (χ1n) is 12.8. The molecule has 4 aromatic carbocycles. The van der Waals surface area contributed by atoms with Crippen LogP contribution in [0.15, 0.2) is 115 Å². The summed E-state index contributed by atoms with van der Waals surface area (Å²) in [6.45, 7) is 0.785. The fourth-order valence-electron chi connectivity index (χ4n) is 3.88. The number of carbonyl (C=O) groups is 3. The third-order valence-corrected chi connectivity index (χ3v) is 6.07. The van der Waals surface area contributed by atoms with Gasteiger partial charge in [-0.25, -0.2) is 4.79 Å². The van der Waals surface area contributed by atoms with Crippen LogP contribution in [0.3, 0.4) is 0 Å². The van der Waals surface area contributed by atoms with Crippen molar-refractivity contribution < 1.29 is 23.9 Å². The van der Waals surface area contributed by atoms with E-state index in [9.17, 15) is 14.4 Å². The predicted octanol–water partition coefficient (Wildman–Crippen LogP) is 5.07. The Kier molecular flexibility index (Phi) is 9.83. The molecule has 7 heteroatoms. The summed E-state index contributed by atoms with van der Waals surface area (Å²) in [5, 5.41) is 5.70. The van der Waals surface area contributed by atoms with Crippen molar-refractivity contribution in [3.05, 3.63) is 143 Å². The van der Waals surface area contributed by atoms with Crippen molar-refractivity contribution >= 4 is 23.9 Å². The normalized spacial score (nSPS) is 10.2. The van der Waals surface area contributed by atoms with E-state index in [4.69, 9.17) is 9.47 Å². The molecule has 0 aliphatic heterocycles. The number of para-hydroxylation sites is 1. The van der Waals surface area contributed by atoms with E-state index in [-0.39, 0.29) is 25.3 Å². The molecule has 0 aromatic heterocycles. The standard InChI is InChI=1S/C33H30N2O5/c1-39-33(38)27-18-16-26(17-19-27)23-40-30-15-9-8-14-28(30)20-29(31(36)34-21-24-10-4-2-5-11-24)32(37)35-22-25-12-6-3-7-13-25/h2-20H,21-23H2,1H3,(H,34,36)(H,35,37). The van der Waals surface area contributed by atoms with Crippen LogP contribution in [0.5, 0.6) is 5.75 Å². The van der Waals surface area contributed by atoms with E-state index in [1.807, 2.05) is 72.8 Å². The zero-order valence-electron chi connectivity index (χ0n) is 22.1. The van der Waals surface area contributed by atoms with Gasteiger partial charge in [0, 0.05) is 18.7 Å². The van der Waals surface area contributed by atoms with Gasteiger partial charge in [0.2, 0.25) is 0 Å². The van der Waals surface area contributed by atoms with Gasteiger partial charge >= 0.3 is 5.97 Å². The Morgan fingerprint density at radius 1 is 0.650 bits per heavy atom. The van der Waals surface area contributed by atoms with Crippen LogP contribution < -0.4 is 15.4 Å². The molecule has 2 amide bonds. The first kappa shape index (κ1) is 27.9. The minimum Gasteiger partial charge on any atom is -0.488 e. The molecule has 0 saturated carbocycles. The Bertz CT molecular complexity index is 1410. The highest BCUT2D eigenvalue weighted by molar-refractivity contribution is 6.21. The molecule has 202 valence electrons. The molecule has 0 heterocycles. The van der Waals surface area contributed by atoms with Crippen LogP contribution in [0.25, 0.3) is 6.08 Å².